The molecular formula is C24H36N2O4. The molecule has 1 N–H and O–H groups in total. The summed E-state index contributed by atoms with van der Waals surface area (Å²) in [7, 11) is 0. The minimum atomic E-state index is -0.483. The Balaban J connectivity index is 1.80. The largest absolute Gasteiger partial charge is 0.491 e. The zero-order valence-electron chi connectivity index (χ0n) is 19.1. The lowest BCUT2D eigenvalue weighted by Crippen LogP contribution is -2.37. The van der Waals surface area contributed by atoms with E-state index in [4.69, 9.17) is 19.3 Å². The van der Waals surface area contributed by atoms with E-state index in [2.05, 4.69) is 46.8 Å². The summed E-state index contributed by atoms with van der Waals surface area (Å²) in [6, 6.07) is 8.45. The van der Waals surface area contributed by atoms with Crippen LogP contribution in [0.4, 0.5) is 0 Å². The van der Waals surface area contributed by atoms with Gasteiger partial charge in [0.05, 0.1) is 18.3 Å². The normalized spacial score (nSPS) is 22.9. The molecular weight excluding hydrogens is 380 g/mol. The van der Waals surface area contributed by atoms with E-state index in [1.54, 1.807) is 0 Å². The topological polar surface area (TPSA) is 65.7 Å². The molecule has 0 saturated carbocycles. The first-order valence-electron chi connectivity index (χ1n) is 11.1. The van der Waals surface area contributed by atoms with Crippen LogP contribution in [-0.2, 0) is 11.2 Å². The molecule has 6 nitrogen and oxygen atoms in total. The van der Waals surface area contributed by atoms with Crippen LogP contribution in [0.3, 0.4) is 0 Å². The monoisotopic (exact) mass is 416 g/mol. The van der Waals surface area contributed by atoms with E-state index in [1.165, 1.54) is 5.56 Å². The molecule has 1 fully saturated rings. The number of ether oxygens (including phenoxy) is 3. The van der Waals surface area contributed by atoms with Crippen molar-refractivity contribution in [1.82, 2.24) is 9.78 Å². The van der Waals surface area contributed by atoms with Crippen molar-refractivity contribution in [3.63, 3.8) is 0 Å². The summed E-state index contributed by atoms with van der Waals surface area (Å²) in [6.45, 7) is 12.4. The number of nitrogens with zero attached hydrogens (tertiary/aromatic N) is 2. The Labute approximate surface area is 180 Å². The Bertz CT molecular complexity index is 805. The second-order valence-electron chi connectivity index (χ2n) is 8.68. The molecule has 2 heterocycles. The highest BCUT2D eigenvalue weighted by atomic mass is 16.7. The van der Waals surface area contributed by atoms with Gasteiger partial charge in [-0.1, -0.05) is 19.1 Å². The van der Waals surface area contributed by atoms with Gasteiger partial charge in [-0.25, -0.2) is 0 Å². The van der Waals surface area contributed by atoms with E-state index in [-0.39, 0.29) is 18.2 Å². The first-order chi connectivity index (χ1) is 14.3. The van der Waals surface area contributed by atoms with E-state index in [0.29, 0.717) is 25.1 Å². The van der Waals surface area contributed by atoms with E-state index >= 15 is 0 Å². The Morgan fingerprint density at radius 3 is 2.50 bits per heavy atom. The number of aliphatic hydroxyl groups is 1. The maximum absolute atomic E-state index is 10.1. The summed E-state index contributed by atoms with van der Waals surface area (Å²) in [6.07, 6.45) is 2.06. The molecule has 0 radical (unpaired) electrons. The van der Waals surface area contributed by atoms with E-state index < -0.39 is 12.4 Å². The SMILES string of the molecule is CCC(C)Oc1ccc(Cc2c(O[C@H]3C[C@@H](O)C[C@@H](C)O3)nn(C(C)C)c2C)cc1. The number of aliphatic hydroxyl groups excluding tert-OH is 1. The molecule has 4 atom stereocenters. The predicted molar refractivity (Wildman–Crippen MR) is 117 cm³/mol. The van der Waals surface area contributed by atoms with E-state index in [1.807, 2.05) is 23.7 Å². The van der Waals surface area contributed by atoms with Crippen molar-refractivity contribution in [2.45, 2.75) is 97.9 Å². The van der Waals surface area contributed by atoms with Crippen LogP contribution in [0.5, 0.6) is 11.6 Å². The van der Waals surface area contributed by atoms with Gasteiger partial charge in [0.15, 0.2) is 0 Å². The summed E-state index contributed by atoms with van der Waals surface area (Å²) >= 11 is 0. The molecule has 0 spiro atoms. The summed E-state index contributed by atoms with van der Waals surface area (Å²) in [5, 5.41) is 14.8. The predicted octanol–water partition coefficient (Wildman–Crippen LogP) is 4.81. The van der Waals surface area contributed by atoms with Crippen molar-refractivity contribution in [3.05, 3.63) is 41.1 Å². The van der Waals surface area contributed by atoms with Crippen molar-refractivity contribution in [1.29, 1.82) is 0 Å². The molecule has 166 valence electrons. The van der Waals surface area contributed by atoms with Gasteiger partial charge in [-0.3, -0.25) is 4.68 Å². The quantitative estimate of drug-likeness (QED) is 0.669. The fourth-order valence-corrected chi connectivity index (χ4v) is 3.81. The smallest absolute Gasteiger partial charge is 0.238 e. The Hall–Kier alpha value is -2.05. The third kappa shape index (κ3) is 5.55. The summed E-state index contributed by atoms with van der Waals surface area (Å²) < 4.78 is 19.9. The van der Waals surface area contributed by atoms with Crippen LogP contribution in [0, 0.1) is 6.92 Å². The lowest BCUT2D eigenvalue weighted by Gasteiger charge is -2.30. The van der Waals surface area contributed by atoms with Gasteiger partial charge in [0, 0.05) is 30.1 Å². The molecule has 1 aromatic carbocycles. The van der Waals surface area contributed by atoms with Crippen LogP contribution < -0.4 is 9.47 Å². The van der Waals surface area contributed by atoms with Crippen LogP contribution in [0.1, 0.15) is 76.7 Å². The van der Waals surface area contributed by atoms with Crippen LogP contribution >= 0.6 is 0 Å². The number of hydrogen-bond acceptors (Lipinski definition) is 5. The van der Waals surface area contributed by atoms with Crippen molar-refractivity contribution in [3.8, 4) is 11.6 Å². The lowest BCUT2D eigenvalue weighted by molar-refractivity contribution is -0.171. The highest BCUT2D eigenvalue weighted by Gasteiger charge is 2.29. The molecule has 3 rings (SSSR count). The molecule has 6 heteroatoms. The summed E-state index contributed by atoms with van der Waals surface area (Å²) in [5.74, 6) is 1.48. The van der Waals surface area contributed by atoms with E-state index in [0.717, 1.165) is 23.4 Å². The van der Waals surface area contributed by atoms with Crippen molar-refractivity contribution < 1.29 is 19.3 Å². The van der Waals surface area contributed by atoms with Crippen LogP contribution in [0.25, 0.3) is 0 Å². The first kappa shape index (κ1) is 22.6. The molecule has 1 aromatic heterocycles. The Kier molecular flexibility index (Phi) is 7.42. The molecule has 0 amide bonds. The van der Waals surface area contributed by atoms with Crippen LogP contribution in [0.15, 0.2) is 24.3 Å². The van der Waals surface area contributed by atoms with Gasteiger partial charge in [0.2, 0.25) is 12.2 Å². The molecule has 1 aliphatic heterocycles. The molecule has 1 aliphatic rings. The highest BCUT2D eigenvalue weighted by Crippen LogP contribution is 2.30. The van der Waals surface area contributed by atoms with Gasteiger partial charge in [-0.05, 0) is 65.2 Å². The van der Waals surface area contributed by atoms with Gasteiger partial charge in [-0.15, -0.1) is 5.10 Å². The summed E-state index contributed by atoms with van der Waals surface area (Å²) in [4.78, 5) is 0. The summed E-state index contributed by atoms with van der Waals surface area (Å²) in [5.41, 5.74) is 3.31. The molecule has 0 bridgehead atoms. The minimum Gasteiger partial charge on any atom is -0.491 e. The maximum Gasteiger partial charge on any atom is 0.238 e. The van der Waals surface area contributed by atoms with Gasteiger partial charge >= 0.3 is 0 Å². The fraction of sp³-hybridized carbons (Fsp3) is 0.625. The van der Waals surface area contributed by atoms with Crippen molar-refractivity contribution in [2.24, 2.45) is 0 Å². The maximum atomic E-state index is 10.1. The minimum absolute atomic E-state index is 0.0338. The second kappa shape index (κ2) is 9.84. The third-order valence-corrected chi connectivity index (χ3v) is 5.64. The highest BCUT2D eigenvalue weighted by molar-refractivity contribution is 5.38. The number of rotatable bonds is 8. The standard InChI is InChI=1S/C24H36N2O4/c1-7-16(4)28-21-10-8-19(9-11-21)13-22-18(6)26(15(2)3)25-24(22)30-23-14-20(27)12-17(5)29-23/h8-11,15-17,20,23,27H,7,12-14H2,1-6H3/t16?,17-,20+,23+/m1/s1. The van der Waals surface area contributed by atoms with Gasteiger partial charge in [-0.2, -0.15) is 0 Å². The molecule has 0 aliphatic carbocycles. The molecule has 30 heavy (non-hydrogen) atoms. The number of aromatic nitrogens is 2. The lowest BCUT2D eigenvalue weighted by atomic mass is 10.0. The Morgan fingerprint density at radius 2 is 1.90 bits per heavy atom. The molecule has 1 saturated heterocycles. The van der Waals surface area contributed by atoms with Gasteiger partial charge in [0.1, 0.15) is 5.75 Å². The average molecular weight is 417 g/mol. The molecule has 1 unspecified atom stereocenters. The zero-order valence-corrected chi connectivity index (χ0v) is 19.1. The van der Waals surface area contributed by atoms with E-state index in [9.17, 15) is 5.11 Å². The number of benzene rings is 1. The van der Waals surface area contributed by atoms with Gasteiger partial charge < -0.3 is 19.3 Å². The van der Waals surface area contributed by atoms with Crippen molar-refractivity contribution >= 4 is 0 Å². The zero-order chi connectivity index (χ0) is 21.8. The van der Waals surface area contributed by atoms with Crippen molar-refractivity contribution in [2.75, 3.05) is 0 Å². The average Bonchev–Trinajstić information content (AvgIpc) is 2.98. The third-order valence-electron chi connectivity index (χ3n) is 5.64. The molecule has 2 aromatic rings. The fourth-order valence-electron chi connectivity index (χ4n) is 3.81. The van der Waals surface area contributed by atoms with Crippen LogP contribution in [0.2, 0.25) is 0 Å². The Morgan fingerprint density at radius 1 is 1.20 bits per heavy atom. The van der Waals surface area contributed by atoms with Gasteiger partial charge in [0.25, 0.3) is 0 Å². The second-order valence-corrected chi connectivity index (χ2v) is 8.68. The van der Waals surface area contributed by atoms with Crippen LogP contribution in [-0.4, -0.2) is 39.5 Å². The number of hydrogen-bond donors (Lipinski definition) is 1. The first-order valence-corrected chi connectivity index (χ1v) is 11.1.